The fourth-order valence-corrected chi connectivity index (χ4v) is 1.75. The van der Waals surface area contributed by atoms with E-state index in [2.05, 4.69) is 11.1 Å². The Balaban J connectivity index is 2.45. The molecule has 0 bridgehead atoms. The van der Waals surface area contributed by atoms with Crippen molar-refractivity contribution in [2.75, 3.05) is 14.2 Å². The number of nitriles is 1. The number of benzene rings is 1. The standard InChI is InChI=1S/C13H13N3O2/c1-17-11-4-3-10(9-12(11)18-2)13-15-6-8-16(13)7-5-14/h3-4,6,8-9H,7H2,1-2H3. The van der Waals surface area contributed by atoms with Gasteiger partial charge in [0.25, 0.3) is 0 Å². The lowest BCUT2D eigenvalue weighted by atomic mass is 10.2. The Morgan fingerprint density at radius 1 is 1.28 bits per heavy atom. The lowest BCUT2D eigenvalue weighted by molar-refractivity contribution is 0.355. The van der Waals surface area contributed by atoms with Gasteiger partial charge in [-0.3, -0.25) is 0 Å². The van der Waals surface area contributed by atoms with Crippen LogP contribution in [0.3, 0.4) is 0 Å². The van der Waals surface area contributed by atoms with Crippen molar-refractivity contribution in [3.8, 4) is 29.0 Å². The van der Waals surface area contributed by atoms with Crippen molar-refractivity contribution in [3.05, 3.63) is 30.6 Å². The van der Waals surface area contributed by atoms with E-state index in [1.165, 1.54) is 0 Å². The van der Waals surface area contributed by atoms with Crippen LogP contribution in [0.15, 0.2) is 30.6 Å². The minimum atomic E-state index is 0.268. The van der Waals surface area contributed by atoms with E-state index in [1.807, 2.05) is 18.2 Å². The third-order valence-corrected chi connectivity index (χ3v) is 2.60. The SMILES string of the molecule is COc1ccc(-c2nccn2CC#N)cc1OC. The molecule has 0 spiro atoms. The van der Waals surface area contributed by atoms with Gasteiger partial charge in [-0.25, -0.2) is 4.98 Å². The van der Waals surface area contributed by atoms with Crippen LogP contribution in [0, 0.1) is 11.3 Å². The summed E-state index contributed by atoms with van der Waals surface area (Å²) >= 11 is 0. The van der Waals surface area contributed by atoms with Crippen molar-refractivity contribution in [1.29, 1.82) is 5.26 Å². The maximum absolute atomic E-state index is 8.75. The van der Waals surface area contributed by atoms with E-state index in [4.69, 9.17) is 14.7 Å². The van der Waals surface area contributed by atoms with Crippen molar-refractivity contribution in [3.63, 3.8) is 0 Å². The van der Waals surface area contributed by atoms with Crippen LogP contribution in [0.4, 0.5) is 0 Å². The largest absolute Gasteiger partial charge is 0.493 e. The zero-order valence-corrected chi connectivity index (χ0v) is 10.3. The van der Waals surface area contributed by atoms with Gasteiger partial charge in [0.15, 0.2) is 11.5 Å². The van der Waals surface area contributed by atoms with Crippen LogP contribution >= 0.6 is 0 Å². The second kappa shape index (κ2) is 5.23. The predicted molar refractivity (Wildman–Crippen MR) is 66.4 cm³/mol. The molecule has 2 rings (SSSR count). The van der Waals surface area contributed by atoms with Crippen LogP contribution in [-0.2, 0) is 6.54 Å². The van der Waals surface area contributed by atoms with E-state index in [0.29, 0.717) is 11.5 Å². The van der Waals surface area contributed by atoms with E-state index in [-0.39, 0.29) is 6.54 Å². The smallest absolute Gasteiger partial charge is 0.161 e. The molecular weight excluding hydrogens is 230 g/mol. The fourth-order valence-electron chi connectivity index (χ4n) is 1.75. The van der Waals surface area contributed by atoms with Crippen LogP contribution in [-0.4, -0.2) is 23.8 Å². The fraction of sp³-hybridized carbons (Fsp3) is 0.231. The van der Waals surface area contributed by atoms with Crippen molar-refractivity contribution in [2.45, 2.75) is 6.54 Å². The van der Waals surface area contributed by atoms with Crippen molar-refractivity contribution < 1.29 is 9.47 Å². The molecule has 0 atom stereocenters. The Labute approximate surface area is 105 Å². The van der Waals surface area contributed by atoms with Crippen molar-refractivity contribution in [1.82, 2.24) is 9.55 Å². The first kappa shape index (κ1) is 12.0. The lowest BCUT2D eigenvalue weighted by Gasteiger charge is -2.09. The highest BCUT2D eigenvalue weighted by Gasteiger charge is 2.10. The zero-order valence-electron chi connectivity index (χ0n) is 10.3. The molecule has 5 heteroatoms. The van der Waals surface area contributed by atoms with Gasteiger partial charge in [0.1, 0.15) is 12.4 Å². The minimum Gasteiger partial charge on any atom is -0.493 e. The third kappa shape index (κ3) is 2.13. The molecule has 0 saturated heterocycles. The Hall–Kier alpha value is -2.48. The maximum atomic E-state index is 8.75. The summed E-state index contributed by atoms with van der Waals surface area (Å²) in [5.74, 6) is 2.04. The molecule has 0 N–H and O–H groups in total. The average molecular weight is 243 g/mol. The molecule has 5 nitrogen and oxygen atoms in total. The number of rotatable bonds is 4. The summed E-state index contributed by atoms with van der Waals surface area (Å²) in [6.45, 7) is 0.268. The summed E-state index contributed by atoms with van der Waals surface area (Å²) in [6, 6.07) is 7.65. The number of imidazole rings is 1. The monoisotopic (exact) mass is 243 g/mol. The van der Waals surface area contributed by atoms with Crippen LogP contribution in [0.1, 0.15) is 0 Å². The summed E-state index contributed by atoms with van der Waals surface area (Å²) < 4.78 is 12.2. The van der Waals surface area contributed by atoms with E-state index in [0.717, 1.165) is 11.4 Å². The molecule has 0 saturated carbocycles. The highest BCUT2D eigenvalue weighted by atomic mass is 16.5. The van der Waals surface area contributed by atoms with Crippen LogP contribution in [0.2, 0.25) is 0 Å². The normalized spacial score (nSPS) is 9.83. The van der Waals surface area contributed by atoms with Gasteiger partial charge >= 0.3 is 0 Å². The summed E-state index contributed by atoms with van der Waals surface area (Å²) in [6.07, 6.45) is 3.44. The number of ether oxygens (including phenoxy) is 2. The molecule has 92 valence electrons. The first-order chi connectivity index (χ1) is 8.80. The van der Waals surface area contributed by atoms with Gasteiger partial charge in [-0.2, -0.15) is 5.26 Å². The predicted octanol–water partition coefficient (Wildman–Crippen LogP) is 2.09. The molecule has 1 aromatic heterocycles. The Morgan fingerprint density at radius 2 is 2.06 bits per heavy atom. The Bertz CT molecular complexity index is 584. The molecule has 0 aliphatic carbocycles. The van der Waals surface area contributed by atoms with E-state index in [1.54, 1.807) is 31.2 Å². The topological polar surface area (TPSA) is 60.1 Å². The summed E-state index contributed by atoms with van der Waals surface area (Å²) in [4.78, 5) is 4.25. The second-order valence-electron chi connectivity index (χ2n) is 3.61. The second-order valence-corrected chi connectivity index (χ2v) is 3.61. The number of nitrogens with zero attached hydrogens (tertiary/aromatic N) is 3. The molecule has 18 heavy (non-hydrogen) atoms. The van der Waals surface area contributed by atoms with Crippen molar-refractivity contribution >= 4 is 0 Å². The van der Waals surface area contributed by atoms with E-state index in [9.17, 15) is 0 Å². The zero-order chi connectivity index (χ0) is 13.0. The van der Waals surface area contributed by atoms with Gasteiger partial charge in [-0.15, -0.1) is 0 Å². The van der Waals surface area contributed by atoms with E-state index < -0.39 is 0 Å². The molecule has 0 aliphatic rings. The van der Waals surface area contributed by atoms with Crippen molar-refractivity contribution in [2.24, 2.45) is 0 Å². The quantitative estimate of drug-likeness (QED) is 0.825. The number of hydrogen-bond donors (Lipinski definition) is 0. The van der Waals surface area contributed by atoms with Gasteiger partial charge < -0.3 is 14.0 Å². The molecule has 0 fully saturated rings. The van der Waals surface area contributed by atoms with Crippen LogP contribution < -0.4 is 9.47 Å². The number of hydrogen-bond acceptors (Lipinski definition) is 4. The first-order valence-electron chi connectivity index (χ1n) is 5.40. The highest BCUT2D eigenvalue weighted by molar-refractivity contribution is 5.61. The Morgan fingerprint density at radius 3 is 2.72 bits per heavy atom. The summed E-state index contributed by atoms with van der Waals surface area (Å²) in [5, 5.41) is 8.75. The minimum absolute atomic E-state index is 0.268. The molecular formula is C13H13N3O2. The van der Waals surface area contributed by atoms with E-state index >= 15 is 0 Å². The average Bonchev–Trinajstić information content (AvgIpc) is 2.86. The summed E-state index contributed by atoms with van der Waals surface area (Å²) in [7, 11) is 3.18. The van der Waals surface area contributed by atoms with Gasteiger partial charge in [0.2, 0.25) is 0 Å². The molecule has 1 aromatic carbocycles. The van der Waals surface area contributed by atoms with Crippen LogP contribution in [0.25, 0.3) is 11.4 Å². The molecule has 0 radical (unpaired) electrons. The summed E-state index contributed by atoms with van der Waals surface area (Å²) in [5.41, 5.74) is 0.882. The van der Waals surface area contributed by atoms with Gasteiger partial charge in [0.05, 0.1) is 20.3 Å². The molecule has 0 amide bonds. The first-order valence-corrected chi connectivity index (χ1v) is 5.40. The number of methoxy groups -OCH3 is 2. The molecule has 0 unspecified atom stereocenters. The van der Waals surface area contributed by atoms with Gasteiger partial charge in [-0.05, 0) is 18.2 Å². The van der Waals surface area contributed by atoms with Gasteiger partial charge in [0, 0.05) is 18.0 Å². The third-order valence-electron chi connectivity index (χ3n) is 2.60. The lowest BCUT2D eigenvalue weighted by Crippen LogP contribution is -1.98. The molecule has 1 heterocycles. The molecule has 0 aliphatic heterocycles. The van der Waals surface area contributed by atoms with Gasteiger partial charge in [-0.1, -0.05) is 0 Å². The number of aromatic nitrogens is 2. The molecule has 2 aromatic rings. The van der Waals surface area contributed by atoms with Crippen LogP contribution in [0.5, 0.6) is 11.5 Å². The maximum Gasteiger partial charge on any atom is 0.161 e. The highest BCUT2D eigenvalue weighted by Crippen LogP contribution is 2.31. The Kier molecular flexibility index (Phi) is 3.49.